The van der Waals surface area contributed by atoms with Crippen LogP contribution in [0.2, 0.25) is 5.15 Å². The van der Waals surface area contributed by atoms with Gasteiger partial charge in [-0.05, 0) is 24.6 Å². The Kier molecular flexibility index (Phi) is 2.65. The van der Waals surface area contributed by atoms with Crippen molar-refractivity contribution in [2.24, 2.45) is 0 Å². The minimum atomic E-state index is 0.420. The molecule has 18 heavy (non-hydrogen) atoms. The van der Waals surface area contributed by atoms with Crippen LogP contribution in [0.15, 0.2) is 24.3 Å². The molecule has 3 aromatic rings. The molecule has 1 aromatic carbocycles. The molecule has 0 saturated carbocycles. The molecule has 3 rings (SSSR count). The summed E-state index contributed by atoms with van der Waals surface area (Å²) in [5, 5.41) is 9.01. The van der Waals surface area contributed by atoms with Crippen LogP contribution in [0, 0.1) is 6.92 Å². The number of rotatable bonds is 1. The van der Waals surface area contributed by atoms with E-state index in [1.54, 1.807) is 0 Å². The van der Waals surface area contributed by atoms with Gasteiger partial charge < -0.3 is 5.73 Å². The molecule has 0 fully saturated rings. The first-order chi connectivity index (χ1) is 8.65. The van der Waals surface area contributed by atoms with Gasteiger partial charge in [-0.2, -0.15) is 0 Å². The second-order valence-corrected chi connectivity index (χ2v) is 5.33. The van der Waals surface area contributed by atoms with E-state index >= 15 is 0 Å². The maximum Gasteiger partial charge on any atom is 0.181 e. The van der Waals surface area contributed by atoms with Crippen molar-refractivity contribution in [1.82, 2.24) is 15.2 Å². The quantitative estimate of drug-likeness (QED) is 0.741. The highest BCUT2D eigenvalue weighted by molar-refractivity contribution is 7.22. The fraction of sp³-hybridized carbons (Fsp3) is 0.0833. The van der Waals surface area contributed by atoms with Crippen molar-refractivity contribution in [3.8, 4) is 11.3 Å². The average Bonchev–Trinajstić information content (AvgIpc) is 2.72. The van der Waals surface area contributed by atoms with E-state index in [2.05, 4.69) is 15.2 Å². The molecule has 0 saturated heterocycles. The van der Waals surface area contributed by atoms with E-state index in [9.17, 15) is 0 Å². The molecule has 0 radical (unpaired) electrons. The van der Waals surface area contributed by atoms with Gasteiger partial charge >= 0.3 is 0 Å². The lowest BCUT2D eigenvalue weighted by Gasteiger charge is -2.03. The van der Waals surface area contributed by atoms with E-state index in [1.165, 1.54) is 11.3 Å². The Bertz CT molecular complexity index is 738. The highest BCUT2D eigenvalue weighted by Crippen LogP contribution is 2.32. The van der Waals surface area contributed by atoms with Crippen molar-refractivity contribution in [3.05, 3.63) is 35.0 Å². The normalized spacial score (nSPS) is 11.0. The van der Waals surface area contributed by atoms with Gasteiger partial charge in [-0.1, -0.05) is 35.1 Å². The monoisotopic (exact) mass is 276 g/mol. The Hall–Kier alpha value is -1.72. The molecular weight excluding hydrogens is 268 g/mol. The molecule has 0 aliphatic carbocycles. The Labute approximate surface area is 112 Å². The van der Waals surface area contributed by atoms with Crippen molar-refractivity contribution in [1.29, 1.82) is 0 Å². The first kappa shape index (κ1) is 11.4. The average molecular weight is 277 g/mol. The predicted octanol–water partition coefficient (Wildman–Crippen LogP) is 3.30. The number of nitrogens with two attached hydrogens (primary N) is 1. The maximum atomic E-state index is 5.88. The molecule has 2 heterocycles. The lowest BCUT2D eigenvalue weighted by Crippen LogP contribution is -1.92. The topological polar surface area (TPSA) is 64.7 Å². The number of benzene rings is 1. The van der Waals surface area contributed by atoms with Gasteiger partial charge in [-0.3, -0.25) is 0 Å². The first-order valence-corrected chi connectivity index (χ1v) is 6.50. The van der Waals surface area contributed by atoms with Gasteiger partial charge in [0.05, 0.1) is 15.9 Å². The van der Waals surface area contributed by atoms with Crippen LogP contribution in [-0.2, 0) is 0 Å². The summed E-state index contributed by atoms with van der Waals surface area (Å²) >= 11 is 7.34. The van der Waals surface area contributed by atoms with E-state index in [-0.39, 0.29) is 0 Å². The van der Waals surface area contributed by atoms with Gasteiger partial charge in [0.1, 0.15) is 0 Å². The molecule has 90 valence electrons. The Balaban J connectivity index is 2.27. The summed E-state index contributed by atoms with van der Waals surface area (Å²) in [6, 6.07) is 7.81. The molecule has 0 bridgehead atoms. The van der Waals surface area contributed by atoms with E-state index in [0.717, 1.165) is 27.0 Å². The summed E-state index contributed by atoms with van der Waals surface area (Å²) < 4.78 is 1.04. The predicted molar refractivity (Wildman–Crippen MR) is 74.8 cm³/mol. The summed E-state index contributed by atoms with van der Waals surface area (Å²) in [5.41, 5.74) is 9.17. The van der Waals surface area contributed by atoms with Crippen molar-refractivity contribution < 1.29 is 0 Å². The number of hydrogen-bond donors (Lipinski definition) is 1. The van der Waals surface area contributed by atoms with Crippen LogP contribution in [0.3, 0.4) is 0 Å². The van der Waals surface area contributed by atoms with Crippen molar-refractivity contribution in [3.63, 3.8) is 0 Å². The molecule has 6 heteroatoms. The first-order valence-electron chi connectivity index (χ1n) is 5.30. The number of nitrogen functional groups attached to an aromatic ring is 1. The summed E-state index contributed by atoms with van der Waals surface area (Å²) in [5.74, 6) is 0. The van der Waals surface area contributed by atoms with Crippen LogP contribution < -0.4 is 5.73 Å². The zero-order chi connectivity index (χ0) is 12.7. The van der Waals surface area contributed by atoms with Gasteiger partial charge in [-0.25, -0.2) is 4.98 Å². The summed E-state index contributed by atoms with van der Waals surface area (Å²) in [6.07, 6.45) is 0. The van der Waals surface area contributed by atoms with Crippen LogP contribution in [0.25, 0.3) is 21.5 Å². The van der Waals surface area contributed by atoms with Crippen molar-refractivity contribution in [2.45, 2.75) is 6.92 Å². The Morgan fingerprint density at radius 1 is 1.28 bits per heavy atom. The van der Waals surface area contributed by atoms with Crippen LogP contribution in [0.5, 0.6) is 0 Å². The highest BCUT2D eigenvalue weighted by Gasteiger charge is 2.10. The van der Waals surface area contributed by atoms with Gasteiger partial charge in [0.15, 0.2) is 10.3 Å². The zero-order valence-corrected chi connectivity index (χ0v) is 11.1. The van der Waals surface area contributed by atoms with E-state index in [4.69, 9.17) is 17.3 Å². The Morgan fingerprint density at radius 3 is 2.89 bits per heavy atom. The maximum absolute atomic E-state index is 5.88. The number of aromatic nitrogens is 3. The third-order valence-corrected chi connectivity index (χ3v) is 3.86. The van der Waals surface area contributed by atoms with Crippen LogP contribution in [0.1, 0.15) is 5.56 Å². The van der Waals surface area contributed by atoms with E-state index in [0.29, 0.717) is 10.3 Å². The number of aryl methyl sites for hydroxylation is 1. The molecule has 0 spiro atoms. The lowest BCUT2D eigenvalue weighted by atomic mass is 10.1. The summed E-state index contributed by atoms with van der Waals surface area (Å²) in [6.45, 7) is 1.90. The van der Waals surface area contributed by atoms with Crippen LogP contribution in [0.4, 0.5) is 5.13 Å². The minimum absolute atomic E-state index is 0.420. The fourth-order valence-corrected chi connectivity index (χ4v) is 2.63. The second-order valence-electron chi connectivity index (χ2n) is 3.91. The third-order valence-electron chi connectivity index (χ3n) is 2.64. The van der Waals surface area contributed by atoms with E-state index in [1.807, 2.05) is 31.2 Å². The fourth-order valence-electron chi connectivity index (χ4n) is 1.77. The number of anilines is 1. The van der Waals surface area contributed by atoms with Crippen LogP contribution >= 0.6 is 22.9 Å². The molecule has 2 aromatic heterocycles. The number of halogens is 1. The van der Waals surface area contributed by atoms with Gasteiger partial charge in [0, 0.05) is 5.56 Å². The highest BCUT2D eigenvalue weighted by atomic mass is 35.5. The zero-order valence-electron chi connectivity index (χ0n) is 9.51. The number of para-hydroxylation sites is 1. The van der Waals surface area contributed by atoms with Gasteiger partial charge in [0.2, 0.25) is 0 Å². The second kappa shape index (κ2) is 4.19. The smallest absolute Gasteiger partial charge is 0.181 e. The minimum Gasteiger partial charge on any atom is -0.375 e. The summed E-state index contributed by atoms with van der Waals surface area (Å²) in [4.78, 5) is 4.34. The molecule has 0 unspecified atom stereocenters. The molecule has 0 aliphatic rings. The SMILES string of the molecule is Cc1cc(-c2cccc3sc(N)nc23)nnc1Cl. The lowest BCUT2D eigenvalue weighted by molar-refractivity contribution is 1.02. The number of hydrogen-bond acceptors (Lipinski definition) is 5. The number of fused-ring (bicyclic) bond motifs is 1. The van der Waals surface area contributed by atoms with E-state index < -0.39 is 0 Å². The third kappa shape index (κ3) is 1.81. The molecular formula is C12H9ClN4S. The molecule has 0 amide bonds. The standard InChI is InChI=1S/C12H9ClN4S/c1-6-5-8(16-17-11(6)13)7-3-2-4-9-10(7)15-12(14)18-9/h2-5H,1H3,(H2,14,15). The van der Waals surface area contributed by atoms with Gasteiger partial charge in [0.25, 0.3) is 0 Å². The largest absolute Gasteiger partial charge is 0.375 e. The molecule has 4 nitrogen and oxygen atoms in total. The summed E-state index contributed by atoms with van der Waals surface area (Å²) in [7, 11) is 0. The molecule has 2 N–H and O–H groups in total. The molecule has 0 atom stereocenters. The van der Waals surface area contributed by atoms with Crippen molar-refractivity contribution in [2.75, 3.05) is 5.73 Å². The van der Waals surface area contributed by atoms with Gasteiger partial charge in [-0.15, -0.1) is 10.2 Å². The van der Waals surface area contributed by atoms with Crippen LogP contribution in [-0.4, -0.2) is 15.2 Å². The Morgan fingerprint density at radius 2 is 2.11 bits per heavy atom. The van der Waals surface area contributed by atoms with Crippen molar-refractivity contribution >= 4 is 38.3 Å². The molecule has 0 aliphatic heterocycles. The number of nitrogens with zero attached hydrogens (tertiary/aromatic N) is 3. The number of thiazole rings is 1.